The lowest BCUT2D eigenvalue weighted by molar-refractivity contribution is -0.901. The minimum Gasteiger partial charge on any atom is -0.484 e. The fourth-order valence-corrected chi connectivity index (χ4v) is 3.57. The molecule has 1 heterocycles. The molecule has 2 aromatic carbocycles. The van der Waals surface area contributed by atoms with Crippen molar-refractivity contribution in [2.75, 3.05) is 19.7 Å². The standard InChI is InChI=1S/C24H32N2O2/c1-24(2,3)21-10-12-22(13-11-21)28-18-23(27)25-16-19-6-8-20(9-7-19)17-26-14-4-5-15-26/h6-13H,4-5,14-18H2,1-3H3,(H,25,27)/p+1. The first-order valence-corrected chi connectivity index (χ1v) is 10.3. The molecule has 0 spiro atoms. The van der Waals surface area contributed by atoms with Gasteiger partial charge >= 0.3 is 0 Å². The molecule has 0 atom stereocenters. The average molecular weight is 382 g/mol. The van der Waals surface area contributed by atoms with Gasteiger partial charge in [0.2, 0.25) is 0 Å². The number of nitrogens with one attached hydrogen (secondary N) is 2. The van der Waals surface area contributed by atoms with E-state index in [9.17, 15) is 4.79 Å². The van der Waals surface area contributed by atoms with E-state index in [-0.39, 0.29) is 17.9 Å². The highest BCUT2D eigenvalue weighted by atomic mass is 16.5. The maximum atomic E-state index is 12.1. The van der Waals surface area contributed by atoms with Gasteiger partial charge in [0, 0.05) is 24.9 Å². The van der Waals surface area contributed by atoms with Crippen molar-refractivity contribution in [3.05, 3.63) is 65.2 Å². The number of benzene rings is 2. The van der Waals surface area contributed by atoms with Gasteiger partial charge in [0.15, 0.2) is 6.61 Å². The van der Waals surface area contributed by atoms with Crippen LogP contribution in [0.25, 0.3) is 0 Å². The Morgan fingerprint density at radius 3 is 2.18 bits per heavy atom. The molecule has 1 fully saturated rings. The van der Waals surface area contributed by atoms with E-state index in [4.69, 9.17) is 4.74 Å². The number of amides is 1. The zero-order valence-electron chi connectivity index (χ0n) is 17.4. The summed E-state index contributed by atoms with van der Waals surface area (Å²) >= 11 is 0. The van der Waals surface area contributed by atoms with Crippen molar-refractivity contribution in [2.24, 2.45) is 0 Å². The van der Waals surface area contributed by atoms with Crippen molar-refractivity contribution in [1.29, 1.82) is 0 Å². The molecule has 4 heteroatoms. The number of rotatable bonds is 7. The lowest BCUT2D eigenvalue weighted by atomic mass is 9.87. The van der Waals surface area contributed by atoms with Crippen molar-refractivity contribution in [1.82, 2.24) is 5.32 Å². The Kier molecular flexibility index (Phi) is 6.74. The van der Waals surface area contributed by atoms with Gasteiger partial charge in [0.05, 0.1) is 13.1 Å². The first-order valence-electron chi connectivity index (χ1n) is 10.3. The predicted octanol–water partition coefficient (Wildman–Crippen LogP) is 2.86. The van der Waals surface area contributed by atoms with Crippen LogP contribution in [0.5, 0.6) is 5.75 Å². The molecular weight excluding hydrogens is 348 g/mol. The zero-order valence-corrected chi connectivity index (χ0v) is 17.4. The number of likely N-dealkylation sites (tertiary alicyclic amines) is 1. The SMILES string of the molecule is CC(C)(C)c1ccc(OCC(=O)NCc2ccc(C[NH+]3CCCC3)cc2)cc1. The summed E-state index contributed by atoms with van der Waals surface area (Å²) in [6, 6.07) is 16.5. The second kappa shape index (κ2) is 9.24. The van der Waals surface area contributed by atoms with Crippen LogP contribution < -0.4 is 15.0 Å². The Labute approximate surface area is 168 Å². The van der Waals surface area contributed by atoms with Crippen molar-refractivity contribution in [3.8, 4) is 5.75 Å². The van der Waals surface area contributed by atoms with Crippen LogP contribution >= 0.6 is 0 Å². The highest BCUT2D eigenvalue weighted by Gasteiger charge is 2.15. The van der Waals surface area contributed by atoms with Gasteiger partial charge in [-0.15, -0.1) is 0 Å². The molecule has 1 saturated heterocycles. The summed E-state index contributed by atoms with van der Waals surface area (Å²) in [7, 11) is 0. The first-order chi connectivity index (χ1) is 13.4. The summed E-state index contributed by atoms with van der Waals surface area (Å²) in [6.45, 7) is 10.8. The van der Waals surface area contributed by atoms with Gasteiger partial charge in [0.25, 0.3) is 5.91 Å². The third-order valence-corrected chi connectivity index (χ3v) is 5.37. The van der Waals surface area contributed by atoms with Gasteiger partial charge in [-0.05, 0) is 28.7 Å². The Hall–Kier alpha value is -2.33. The highest BCUT2D eigenvalue weighted by Crippen LogP contribution is 2.24. The molecule has 0 saturated carbocycles. The van der Waals surface area contributed by atoms with Crippen molar-refractivity contribution >= 4 is 5.91 Å². The van der Waals surface area contributed by atoms with Crippen LogP contribution in [0.15, 0.2) is 48.5 Å². The average Bonchev–Trinajstić information content (AvgIpc) is 3.18. The summed E-state index contributed by atoms with van der Waals surface area (Å²) in [5.41, 5.74) is 3.84. The van der Waals surface area contributed by atoms with Crippen molar-refractivity contribution in [2.45, 2.75) is 52.1 Å². The zero-order chi connectivity index (χ0) is 20.0. The molecule has 1 amide bonds. The molecule has 150 valence electrons. The Balaban J connectivity index is 1.40. The van der Waals surface area contributed by atoms with Crippen LogP contribution in [0.2, 0.25) is 0 Å². The van der Waals surface area contributed by atoms with Gasteiger partial charge in [0.1, 0.15) is 12.3 Å². The number of ether oxygens (including phenoxy) is 1. The second-order valence-corrected chi connectivity index (χ2v) is 8.79. The Bertz CT molecular complexity index is 755. The molecular formula is C24H33N2O2+. The predicted molar refractivity (Wildman–Crippen MR) is 113 cm³/mol. The van der Waals surface area contributed by atoms with E-state index in [0.29, 0.717) is 6.54 Å². The fraction of sp³-hybridized carbons (Fsp3) is 0.458. The van der Waals surface area contributed by atoms with Crippen molar-refractivity contribution < 1.29 is 14.4 Å². The molecule has 0 aromatic heterocycles. The maximum absolute atomic E-state index is 12.1. The Morgan fingerprint density at radius 1 is 0.964 bits per heavy atom. The number of hydrogen-bond acceptors (Lipinski definition) is 2. The molecule has 0 bridgehead atoms. The maximum Gasteiger partial charge on any atom is 0.258 e. The normalized spacial score (nSPS) is 14.8. The second-order valence-electron chi connectivity index (χ2n) is 8.79. The van der Waals surface area contributed by atoms with Crippen LogP contribution in [0.4, 0.5) is 0 Å². The summed E-state index contributed by atoms with van der Waals surface area (Å²) in [6.07, 6.45) is 2.70. The fourth-order valence-electron chi connectivity index (χ4n) is 3.57. The lowest BCUT2D eigenvalue weighted by Crippen LogP contribution is -3.08. The third-order valence-electron chi connectivity index (χ3n) is 5.37. The quantitative estimate of drug-likeness (QED) is 0.775. The molecule has 28 heavy (non-hydrogen) atoms. The number of carbonyl (C=O) groups is 1. The highest BCUT2D eigenvalue weighted by molar-refractivity contribution is 5.77. The van der Waals surface area contributed by atoms with E-state index in [1.54, 1.807) is 4.90 Å². The summed E-state index contributed by atoms with van der Waals surface area (Å²) in [5.74, 6) is 0.613. The molecule has 0 unspecified atom stereocenters. The lowest BCUT2D eigenvalue weighted by Gasteiger charge is -2.19. The molecule has 1 aliphatic rings. The van der Waals surface area contributed by atoms with Gasteiger partial charge in [-0.25, -0.2) is 0 Å². The molecule has 2 N–H and O–H groups in total. The minimum absolute atomic E-state index is 0.0330. The number of carbonyl (C=O) groups excluding carboxylic acids is 1. The number of hydrogen-bond donors (Lipinski definition) is 2. The molecule has 2 aromatic rings. The molecule has 4 nitrogen and oxygen atoms in total. The van der Waals surface area contributed by atoms with E-state index in [1.165, 1.54) is 37.1 Å². The topological polar surface area (TPSA) is 42.8 Å². The first kappa shape index (κ1) is 20.4. The van der Waals surface area contributed by atoms with E-state index < -0.39 is 0 Å². The van der Waals surface area contributed by atoms with Gasteiger partial charge in [-0.2, -0.15) is 0 Å². The van der Waals surface area contributed by atoms with E-state index in [2.05, 4.69) is 62.5 Å². The van der Waals surface area contributed by atoms with E-state index in [0.717, 1.165) is 17.9 Å². The van der Waals surface area contributed by atoms with Gasteiger partial charge in [-0.3, -0.25) is 4.79 Å². The van der Waals surface area contributed by atoms with Gasteiger partial charge < -0.3 is 15.0 Å². The monoisotopic (exact) mass is 381 g/mol. The van der Waals surface area contributed by atoms with E-state index in [1.807, 2.05) is 12.1 Å². The summed E-state index contributed by atoms with van der Waals surface area (Å²) < 4.78 is 5.60. The minimum atomic E-state index is -0.106. The Morgan fingerprint density at radius 2 is 1.57 bits per heavy atom. The summed E-state index contributed by atoms with van der Waals surface area (Å²) in [5, 5.41) is 2.93. The molecule has 0 aliphatic carbocycles. The van der Waals surface area contributed by atoms with Crippen LogP contribution in [0.3, 0.4) is 0 Å². The molecule has 0 radical (unpaired) electrons. The van der Waals surface area contributed by atoms with E-state index >= 15 is 0 Å². The largest absolute Gasteiger partial charge is 0.484 e. The van der Waals surface area contributed by atoms with Crippen LogP contribution in [-0.2, 0) is 23.3 Å². The summed E-state index contributed by atoms with van der Waals surface area (Å²) in [4.78, 5) is 13.7. The molecule has 3 rings (SSSR count). The van der Waals surface area contributed by atoms with Gasteiger partial charge in [-0.1, -0.05) is 57.2 Å². The van der Waals surface area contributed by atoms with Crippen molar-refractivity contribution in [3.63, 3.8) is 0 Å². The smallest absolute Gasteiger partial charge is 0.258 e. The third kappa shape index (κ3) is 6.10. The van der Waals surface area contributed by atoms with Crippen LogP contribution in [0, 0.1) is 0 Å². The number of quaternary nitrogens is 1. The molecule has 1 aliphatic heterocycles. The van der Waals surface area contributed by atoms with Crippen LogP contribution in [0.1, 0.15) is 50.3 Å². The van der Waals surface area contributed by atoms with Crippen LogP contribution in [-0.4, -0.2) is 25.6 Å².